The zero-order valence-electron chi connectivity index (χ0n) is 8.32. The highest BCUT2D eigenvalue weighted by atomic mass is 16.4. The molecule has 5 heteroatoms. The largest absolute Gasteiger partial charge is 0.480 e. The van der Waals surface area contributed by atoms with Gasteiger partial charge in [0.15, 0.2) is 0 Å². The Bertz CT molecular complexity index is 292. The van der Waals surface area contributed by atoms with Crippen LogP contribution in [0, 0.1) is 18.3 Å². The predicted molar refractivity (Wildman–Crippen MR) is 54.1 cm³/mol. The number of rotatable bonds is 5. The lowest BCUT2D eigenvalue weighted by molar-refractivity contribution is -0.139. The van der Waals surface area contributed by atoms with Crippen LogP contribution in [0.2, 0.25) is 0 Å². The quantitative estimate of drug-likeness (QED) is 0.566. The minimum atomic E-state index is -1.12. The molecule has 0 aromatic carbocycles. The lowest BCUT2D eigenvalue weighted by Gasteiger charge is -2.12. The van der Waals surface area contributed by atoms with Gasteiger partial charge in [0.05, 0.1) is 0 Å². The fraction of sp³-hybridized carbons (Fsp3) is 0.600. The van der Waals surface area contributed by atoms with Crippen LogP contribution in [0.1, 0.15) is 19.3 Å². The summed E-state index contributed by atoms with van der Waals surface area (Å²) in [6, 6.07) is -1.47. The molecule has 1 atom stereocenters. The lowest BCUT2D eigenvalue weighted by atomic mass is 10.2. The van der Waals surface area contributed by atoms with Gasteiger partial charge < -0.3 is 15.7 Å². The molecule has 0 bridgehead atoms. The van der Waals surface area contributed by atoms with Crippen molar-refractivity contribution >= 4 is 12.0 Å². The second-order valence-electron chi connectivity index (χ2n) is 3.60. The summed E-state index contributed by atoms with van der Waals surface area (Å²) in [5.41, 5.74) is 0. The SMILES string of the molecule is C#CCC(NC(=O)NCC1CC1)C(=O)O. The topological polar surface area (TPSA) is 78.4 Å². The Labute approximate surface area is 88.2 Å². The number of amides is 2. The molecule has 0 radical (unpaired) electrons. The van der Waals surface area contributed by atoms with Gasteiger partial charge in [-0.3, -0.25) is 0 Å². The number of terminal acetylenes is 1. The first kappa shape index (κ1) is 11.4. The molecule has 1 fully saturated rings. The average Bonchev–Trinajstić information content (AvgIpc) is 2.97. The molecule has 5 nitrogen and oxygen atoms in total. The van der Waals surface area contributed by atoms with E-state index in [1.165, 1.54) is 0 Å². The molecular formula is C10H14N2O3. The molecule has 1 aliphatic rings. The molecule has 0 spiro atoms. The van der Waals surface area contributed by atoms with Gasteiger partial charge in [-0.15, -0.1) is 12.3 Å². The maximum Gasteiger partial charge on any atom is 0.327 e. The van der Waals surface area contributed by atoms with Crippen molar-refractivity contribution in [2.24, 2.45) is 5.92 Å². The molecule has 82 valence electrons. The van der Waals surface area contributed by atoms with Gasteiger partial charge in [0.2, 0.25) is 0 Å². The number of hydrogen-bond donors (Lipinski definition) is 3. The van der Waals surface area contributed by atoms with Crippen molar-refractivity contribution in [2.75, 3.05) is 6.54 Å². The molecule has 0 aromatic rings. The van der Waals surface area contributed by atoms with Crippen molar-refractivity contribution in [1.29, 1.82) is 0 Å². The van der Waals surface area contributed by atoms with Crippen molar-refractivity contribution in [3.8, 4) is 12.3 Å². The van der Waals surface area contributed by atoms with Crippen LogP contribution in [0.5, 0.6) is 0 Å². The third-order valence-corrected chi connectivity index (χ3v) is 2.17. The fourth-order valence-electron chi connectivity index (χ4n) is 1.09. The molecule has 1 aliphatic carbocycles. The van der Waals surface area contributed by atoms with E-state index < -0.39 is 18.0 Å². The van der Waals surface area contributed by atoms with Gasteiger partial charge in [-0.2, -0.15) is 0 Å². The molecular weight excluding hydrogens is 196 g/mol. The summed E-state index contributed by atoms with van der Waals surface area (Å²) >= 11 is 0. The highest BCUT2D eigenvalue weighted by Crippen LogP contribution is 2.27. The molecule has 1 unspecified atom stereocenters. The van der Waals surface area contributed by atoms with Crippen LogP contribution >= 0.6 is 0 Å². The Balaban J connectivity index is 2.25. The predicted octanol–water partition coefficient (Wildman–Crippen LogP) is 0.172. The third kappa shape index (κ3) is 4.36. The van der Waals surface area contributed by atoms with Crippen molar-refractivity contribution in [3.63, 3.8) is 0 Å². The summed E-state index contributed by atoms with van der Waals surface area (Å²) in [5.74, 6) is 1.65. The first-order chi connectivity index (χ1) is 7.13. The number of carbonyl (C=O) groups is 2. The van der Waals surface area contributed by atoms with E-state index in [-0.39, 0.29) is 6.42 Å². The Morgan fingerprint density at radius 3 is 2.67 bits per heavy atom. The molecule has 2 amide bonds. The molecule has 3 N–H and O–H groups in total. The van der Waals surface area contributed by atoms with Crippen LogP contribution in [0.3, 0.4) is 0 Å². The number of hydrogen-bond acceptors (Lipinski definition) is 2. The maximum absolute atomic E-state index is 11.2. The minimum absolute atomic E-state index is 0.00776. The van der Waals surface area contributed by atoms with Crippen LogP contribution in [0.25, 0.3) is 0 Å². The molecule has 0 saturated heterocycles. The van der Waals surface area contributed by atoms with Crippen LogP contribution < -0.4 is 10.6 Å². The van der Waals surface area contributed by atoms with Gasteiger partial charge in [0, 0.05) is 13.0 Å². The van der Waals surface area contributed by atoms with E-state index in [2.05, 4.69) is 16.6 Å². The normalized spacial score (nSPS) is 16.2. The van der Waals surface area contributed by atoms with E-state index in [9.17, 15) is 9.59 Å². The standard InChI is InChI=1S/C10H14N2O3/c1-2-3-8(9(13)14)12-10(15)11-6-7-4-5-7/h1,7-8H,3-6H2,(H,13,14)(H2,11,12,15). The summed E-state index contributed by atoms with van der Waals surface area (Å²) in [7, 11) is 0. The third-order valence-electron chi connectivity index (χ3n) is 2.17. The fourth-order valence-corrected chi connectivity index (χ4v) is 1.09. The second-order valence-corrected chi connectivity index (χ2v) is 3.60. The smallest absolute Gasteiger partial charge is 0.327 e. The minimum Gasteiger partial charge on any atom is -0.480 e. The Kier molecular flexibility index (Phi) is 3.98. The van der Waals surface area contributed by atoms with Gasteiger partial charge in [0.25, 0.3) is 0 Å². The van der Waals surface area contributed by atoms with E-state index in [1.807, 2.05) is 0 Å². The van der Waals surface area contributed by atoms with Gasteiger partial charge in [-0.1, -0.05) is 0 Å². The Morgan fingerprint density at radius 2 is 2.20 bits per heavy atom. The van der Waals surface area contributed by atoms with Crippen molar-refractivity contribution in [3.05, 3.63) is 0 Å². The Morgan fingerprint density at radius 1 is 1.53 bits per heavy atom. The van der Waals surface area contributed by atoms with Gasteiger partial charge in [-0.25, -0.2) is 9.59 Å². The lowest BCUT2D eigenvalue weighted by Crippen LogP contribution is -2.46. The van der Waals surface area contributed by atoms with Crippen LogP contribution in [0.4, 0.5) is 4.79 Å². The monoisotopic (exact) mass is 210 g/mol. The van der Waals surface area contributed by atoms with Crippen molar-refractivity contribution in [2.45, 2.75) is 25.3 Å². The number of aliphatic carboxylic acids is 1. The number of carbonyl (C=O) groups excluding carboxylic acids is 1. The van der Waals surface area contributed by atoms with E-state index in [4.69, 9.17) is 11.5 Å². The summed E-state index contributed by atoms with van der Waals surface area (Å²) in [5, 5.41) is 13.6. The van der Waals surface area contributed by atoms with Gasteiger partial charge >= 0.3 is 12.0 Å². The molecule has 15 heavy (non-hydrogen) atoms. The van der Waals surface area contributed by atoms with Crippen molar-refractivity contribution < 1.29 is 14.7 Å². The summed E-state index contributed by atoms with van der Waals surface area (Å²) in [4.78, 5) is 21.8. The molecule has 0 heterocycles. The zero-order valence-corrected chi connectivity index (χ0v) is 8.32. The first-order valence-corrected chi connectivity index (χ1v) is 4.84. The summed E-state index contributed by atoms with van der Waals surface area (Å²) in [6.45, 7) is 0.605. The highest BCUT2D eigenvalue weighted by molar-refractivity contribution is 5.82. The van der Waals surface area contributed by atoms with Crippen LogP contribution in [0.15, 0.2) is 0 Å². The van der Waals surface area contributed by atoms with Crippen LogP contribution in [-0.2, 0) is 4.79 Å². The zero-order chi connectivity index (χ0) is 11.3. The average molecular weight is 210 g/mol. The summed E-state index contributed by atoms with van der Waals surface area (Å²) in [6.07, 6.45) is 7.25. The van der Waals surface area contributed by atoms with E-state index in [0.29, 0.717) is 12.5 Å². The number of carboxylic acid groups (broad SMARTS) is 1. The van der Waals surface area contributed by atoms with E-state index >= 15 is 0 Å². The first-order valence-electron chi connectivity index (χ1n) is 4.84. The number of carboxylic acids is 1. The molecule has 0 aromatic heterocycles. The van der Waals surface area contributed by atoms with E-state index in [0.717, 1.165) is 12.8 Å². The maximum atomic E-state index is 11.2. The van der Waals surface area contributed by atoms with Crippen molar-refractivity contribution in [1.82, 2.24) is 10.6 Å². The second kappa shape index (κ2) is 5.25. The van der Waals surface area contributed by atoms with E-state index in [1.54, 1.807) is 0 Å². The highest BCUT2D eigenvalue weighted by Gasteiger charge is 2.23. The van der Waals surface area contributed by atoms with Crippen LogP contribution in [-0.4, -0.2) is 29.7 Å². The summed E-state index contributed by atoms with van der Waals surface area (Å²) < 4.78 is 0. The Hall–Kier alpha value is -1.70. The van der Waals surface area contributed by atoms with Gasteiger partial charge in [-0.05, 0) is 18.8 Å². The molecule has 1 saturated carbocycles. The number of urea groups is 1. The molecule has 1 rings (SSSR count). The molecule has 0 aliphatic heterocycles. The van der Waals surface area contributed by atoms with Gasteiger partial charge in [0.1, 0.15) is 6.04 Å². The number of nitrogens with one attached hydrogen (secondary N) is 2.